The maximum atomic E-state index is 12.9. The molecular weight excluding hydrogens is 408 g/mol. The van der Waals surface area contributed by atoms with E-state index in [0.717, 1.165) is 24.5 Å². The van der Waals surface area contributed by atoms with E-state index in [-0.39, 0.29) is 18.6 Å². The second-order valence-corrected chi connectivity index (χ2v) is 7.58. The second kappa shape index (κ2) is 12.5. The van der Waals surface area contributed by atoms with Crippen LogP contribution in [0.25, 0.3) is 0 Å². The Hall–Kier alpha value is -3.35. The van der Waals surface area contributed by atoms with Crippen molar-refractivity contribution < 1.29 is 24.6 Å². The van der Waals surface area contributed by atoms with Crippen LogP contribution in [0.3, 0.4) is 0 Å². The summed E-state index contributed by atoms with van der Waals surface area (Å²) in [5.41, 5.74) is 3.11. The Morgan fingerprint density at radius 1 is 0.656 bits per heavy atom. The number of rotatable bonds is 14. The average Bonchev–Trinajstić information content (AvgIpc) is 2.79. The summed E-state index contributed by atoms with van der Waals surface area (Å²) in [7, 11) is 0. The van der Waals surface area contributed by atoms with E-state index in [1.807, 2.05) is 38.1 Å². The van der Waals surface area contributed by atoms with Crippen LogP contribution in [0.4, 0.5) is 11.4 Å². The summed E-state index contributed by atoms with van der Waals surface area (Å²) < 4.78 is 0. The number of carbonyl (C=O) groups is 3. The van der Waals surface area contributed by atoms with E-state index in [1.165, 1.54) is 0 Å². The van der Waals surface area contributed by atoms with E-state index >= 15 is 0 Å². The van der Waals surface area contributed by atoms with Crippen molar-refractivity contribution in [2.45, 2.75) is 39.5 Å². The van der Waals surface area contributed by atoms with Gasteiger partial charge in [0.25, 0.3) is 0 Å². The third kappa shape index (κ3) is 7.41. The Kier molecular flexibility index (Phi) is 9.73. The van der Waals surface area contributed by atoms with Gasteiger partial charge in [0.1, 0.15) is 0 Å². The molecule has 0 heterocycles. The molecule has 0 radical (unpaired) electrons. The first-order valence-electron chi connectivity index (χ1n) is 11.0. The van der Waals surface area contributed by atoms with Gasteiger partial charge in [-0.15, -0.1) is 0 Å². The van der Waals surface area contributed by atoms with E-state index in [9.17, 15) is 14.4 Å². The lowest BCUT2D eigenvalue weighted by Gasteiger charge is -2.23. The summed E-state index contributed by atoms with van der Waals surface area (Å²) >= 11 is 0. The van der Waals surface area contributed by atoms with E-state index in [4.69, 9.17) is 10.2 Å². The number of carboxylic acid groups (broad SMARTS) is 2. The molecule has 2 rings (SSSR count). The van der Waals surface area contributed by atoms with E-state index in [2.05, 4.69) is 9.80 Å². The predicted octanol–water partition coefficient (Wildman–Crippen LogP) is 4.30. The molecule has 0 saturated heterocycles. The molecule has 0 bridgehead atoms. The molecule has 0 unspecified atom stereocenters. The van der Waals surface area contributed by atoms with Crippen LogP contribution in [0.15, 0.2) is 48.5 Å². The molecule has 0 atom stereocenters. The lowest BCUT2D eigenvalue weighted by Crippen LogP contribution is -2.24. The third-order valence-electron chi connectivity index (χ3n) is 5.39. The summed E-state index contributed by atoms with van der Waals surface area (Å²) in [6.45, 7) is 6.85. The van der Waals surface area contributed by atoms with Gasteiger partial charge in [0, 0.05) is 61.5 Å². The fraction of sp³-hybridized carbons (Fsp3) is 0.400. The maximum absolute atomic E-state index is 12.9. The second-order valence-electron chi connectivity index (χ2n) is 7.58. The number of carbonyl (C=O) groups excluding carboxylic acids is 1. The van der Waals surface area contributed by atoms with Crippen molar-refractivity contribution in [3.8, 4) is 0 Å². The number of nitrogens with zero attached hydrogens (tertiary/aromatic N) is 2. The summed E-state index contributed by atoms with van der Waals surface area (Å²) in [4.78, 5) is 38.5. The van der Waals surface area contributed by atoms with Gasteiger partial charge in [0.05, 0.1) is 0 Å². The molecule has 172 valence electrons. The van der Waals surface area contributed by atoms with Crippen LogP contribution in [-0.2, 0) is 9.59 Å². The predicted molar refractivity (Wildman–Crippen MR) is 126 cm³/mol. The molecule has 2 aromatic carbocycles. The van der Waals surface area contributed by atoms with Gasteiger partial charge < -0.3 is 20.0 Å². The smallest absolute Gasteiger partial charge is 0.303 e. The highest BCUT2D eigenvalue weighted by atomic mass is 16.4. The van der Waals surface area contributed by atoms with Crippen LogP contribution < -0.4 is 9.80 Å². The Bertz CT molecular complexity index is 820. The van der Waals surface area contributed by atoms with Crippen molar-refractivity contribution in [1.29, 1.82) is 0 Å². The average molecular weight is 441 g/mol. The SMILES string of the molecule is CCN(CCCC(=O)O)c1ccc(C(=O)c2ccc(N(CC)CCCC(=O)O)cc2)cc1. The molecule has 0 spiro atoms. The first kappa shape index (κ1) is 24.9. The van der Waals surface area contributed by atoms with Gasteiger partial charge in [-0.25, -0.2) is 0 Å². The molecule has 2 N–H and O–H groups in total. The molecule has 0 aromatic heterocycles. The molecule has 0 aliphatic heterocycles. The highest BCUT2D eigenvalue weighted by Crippen LogP contribution is 2.21. The topological polar surface area (TPSA) is 98.2 Å². The number of hydrogen-bond acceptors (Lipinski definition) is 5. The molecule has 0 saturated carbocycles. The van der Waals surface area contributed by atoms with Gasteiger partial charge in [-0.05, 0) is 75.2 Å². The van der Waals surface area contributed by atoms with Crippen LogP contribution in [0, 0.1) is 0 Å². The van der Waals surface area contributed by atoms with Crippen LogP contribution in [0.2, 0.25) is 0 Å². The normalized spacial score (nSPS) is 10.6. The minimum atomic E-state index is -0.796. The molecule has 0 aliphatic carbocycles. The lowest BCUT2D eigenvalue weighted by molar-refractivity contribution is -0.138. The number of ketones is 1. The minimum absolute atomic E-state index is 0.0639. The fourth-order valence-corrected chi connectivity index (χ4v) is 3.60. The number of carboxylic acids is 2. The molecule has 0 fully saturated rings. The van der Waals surface area contributed by atoms with Crippen molar-refractivity contribution in [3.63, 3.8) is 0 Å². The van der Waals surface area contributed by atoms with Crippen molar-refractivity contribution >= 4 is 29.1 Å². The van der Waals surface area contributed by atoms with E-state index in [0.29, 0.717) is 37.1 Å². The molecular formula is C25H32N2O5. The zero-order chi connectivity index (χ0) is 23.5. The zero-order valence-electron chi connectivity index (χ0n) is 18.8. The summed E-state index contributed by atoms with van der Waals surface area (Å²) in [6.07, 6.45) is 1.42. The monoisotopic (exact) mass is 440 g/mol. The van der Waals surface area contributed by atoms with E-state index in [1.54, 1.807) is 24.3 Å². The third-order valence-corrected chi connectivity index (χ3v) is 5.39. The van der Waals surface area contributed by atoms with Crippen LogP contribution in [0.1, 0.15) is 55.5 Å². The quantitative estimate of drug-likeness (QED) is 0.423. The standard InChI is InChI=1S/C25H32N2O5/c1-3-26(17-5-7-23(28)29)21-13-9-19(10-14-21)25(32)20-11-15-22(16-12-20)27(4-2)18-6-8-24(30)31/h9-16H,3-8,17-18H2,1-2H3,(H,28,29)(H,30,31). The Morgan fingerprint density at radius 3 is 1.28 bits per heavy atom. The summed E-state index contributed by atoms with van der Waals surface area (Å²) in [5, 5.41) is 17.6. The fourth-order valence-electron chi connectivity index (χ4n) is 3.60. The molecule has 32 heavy (non-hydrogen) atoms. The van der Waals surface area contributed by atoms with E-state index < -0.39 is 11.9 Å². The molecule has 7 heteroatoms. The molecule has 7 nitrogen and oxygen atoms in total. The largest absolute Gasteiger partial charge is 0.481 e. The zero-order valence-corrected chi connectivity index (χ0v) is 18.8. The first-order valence-corrected chi connectivity index (χ1v) is 11.0. The molecule has 0 amide bonds. The highest BCUT2D eigenvalue weighted by Gasteiger charge is 2.12. The maximum Gasteiger partial charge on any atom is 0.303 e. The summed E-state index contributed by atoms with van der Waals surface area (Å²) in [5.74, 6) is -1.66. The van der Waals surface area contributed by atoms with Crippen molar-refractivity contribution in [2.75, 3.05) is 36.0 Å². The lowest BCUT2D eigenvalue weighted by atomic mass is 10.0. The van der Waals surface area contributed by atoms with Crippen LogP contribution >= 0.6 is 0 Å². The Labute approximate surface area is 189 Å². The highest BCUT2D eigenvalue weighted by molar-refractivity contribution is 6.09. The van der Waals surface area contributed by atoms with Crippen LogP contribution in [0.5, 0.6) is 0 Å². The summed E-state index contributed by atoms with van der Waals surface area (Å²) in [6, 6.07) is 14.8. The van der Waals surface area contributed by atoms with Crippen molar-refractivity contribution in [2.24, 2.45) is 0 Å². The minimum Gasteiger partial charge on any atom is -0.481 e. The number of hydrogen-bond donors (Lipinski definition) is 2. The molecule has 2 aromatic rings. The van der Waals surface area contributed by atoms with Crippen molar-refractivity contribution in [3.05, 3.63) is 59.7 Å². The number of benzene rings is 2. The Morgan fingerprint density at radius 2 is 1.00 bits per heavy atom. The molecule has 0 aliphatic rings. The number of anilines is 2. The van der Waals surface area contributed by atoms with Crippen LogP contribution in [-0.4, -0.2) is 54.1 Å². The van der Waals surface area contributed by atoms with Gasteiger partial charge in [-0.3, -0.25) is 14.4 Å². The van der Waals surface area contributed by atoms with Gasteiger partial charge in [-0.1, -0.05) is 0 Å². The van der Waals surface area contributed by atoms with Gasteiger partial charge in [-0.2, -0.15) is 0 Å². The van der Waals surface area contributed by atoms with Gasteiger partial charge in [0.2, 0.25) is 0 Å². The number of aliphatic carboxylic acids is 2. The van der Waals surface area contributed by atoms with Crippen molar-refractivity contribution in [1.82, 2.24) is 0 Å². The van der Waals surface area contributed by atoms with Gasteiger partial charge >= 0.3 is 11.9 Å². The van der Waals surface area contributed by atoms with Gasteiger partial charge in [0.15, 0.2) is 5.78 Å². The first-order chi connectivity index (χ1) is 15.3. The Balaban J connectivity index is 2.02.